The second-order valence-electron chi connectivity index (χ2n) is 7.09. The van der Waals surface area contributed by atoms with Gasteiger partial charge in [-0.15, -0.1) is 0 Å². The van der Waals surface area contributed by atoms with Gasteiger partial charge in [-0.3, -0.25) is 9.59 Å². The van der Waals surface area contributed by atoms with E-state index in [1.165, 1.54) is 6.21 Å². The van der Waals surface area contributed by atoms with Gasteiger partial charge in [0, 0.05) is 26.9 Å². The highest BCUT2D eigenvalue weighted by Gasteiger charge is 2.13. The van der Waals surface area contributed by atoms with Crippen LogP contribution in [0.25, 0.3) is 0 Å². The molecule has 0 bridgehead atoms. The molecule has 0 spiro atoms. The summed E-state index contributed by atoms with van der Waals surface area (Å²) >= 11 is 12.1. The first-order chi connectivity index (χ1) is 16.5. The van der Waals surface area contributed by atoms with Gasteiger partial charge >= 0.3 is 11.8 Å². The lowest BCUT2D eigenvalue weighted by Crippen LogP contribution is -2.32. The molecule has 0 atom stereocenters. The zero-order chi connectivity index (χ0) is 24.3. The summed E-state index contributed by atoms with van der Waals surface area (Å²) < 4.78 is 11.3. The average molecular weight is 500 g/mol. The van der Waals surface area contributed by atoms with Crippen LogP contribution in [0.3, 0.4) is 0 Å². The number of nitrogens with one attached hydrogen (secondary N) is 2. The standard InChI is InChI=1S/C25H23Cl2N3O4/c1-2-13-33-21-11-9-20(10-12-21)29-24(31)25(32)30-28-15-17-5-3-4-6-23(17)34-16-18-7-8-19(26)14-22(18)27/h3-12,14-15H,2,13,16H2,1H3,(H,29,31)(H,30,32)/b28-15-. The molecule has 0 heterocycles. The number of carbonyl (C=O) groups is 2. The Bertz CT molecular complexity index is 1170. The minimum atomic E-state index is -0.908. The van der Waals surface area contributed by atoms with Crippen molar-refractivity contribution in [1.29, 1.82) is 0 Å². The molecule has 0 saturated heterocycles. The van der Waals surface area contributed by atoms with Crippen LogP contribution in [0.2, 0.25) is 10.0 Å². The van der Waals surface area contributed by atoms with Crippen molar-refractivity contribution in [3.05, 3.63) is 87.9 Å². The molecule has 0 radical (unpaired) electrons. The molecule has 0 fully saturated rings. The SMILES string of the molecule is CCCOc1ccc(NC(=O)C(=O)N/N=C\c2ccccc2OCc2ccc(Cl)cc2Cl)cc1. The molecule has 0 aromatic heterocycles. The van der Waals surface area contributed by atoms with E-state index >= 15 is 0 Å². The second-order valence-corrected chi connectivity index (χ2v) is 7.93. The number of hydrogen-bond acceptors (Lipinski definition) is 5. The molecule has 176 valence electrons. The van der Waals surface area contributed by atoms with Crippen molar-refractivity contribution >= 4 is 46.9 Å². The van der Waals surface area contributed by atoms with Gasteiger partial charge in [-0.2, -0.15) is 5.10 Å². The first-order valence-electron chi connectivity index (χ1n) is 10.5. The Balaban J connectivity index is 1.54. The Morgan fingerprint density at radius 2 is 1.74 bits per heavy atom. The summed E-state index contributed by atoms with van der Waals surface area (Å²) in [6.07, 6.45) is 2.29. The van der Waals surface area contributed by atoms with Gasteiger partial charge in [0.1, 0.15) is 18.1 Å². The van der Waals surface area contributed by atoms with E-state index in [0.29, 0.717) is 39.4 Å². The van der Waals surface area contributed by atoms with E-state index in [1.807, 2.05) is 6.92 Å². The van der Waals surface area contributed by atoms with Crippen LogP contribution in [0.5, 0.6) is 11.5 Å². The van der Waals surface area contributed by atoms with Crippen LogP contribution < -0.4 is 20.2 Å². The Kier molecular flexibility index (Phi) is 9.31. The smallest absolute Gasteiger partial charge is 0.329 e. The van der Waals surface area contributed by atoms with Crippen molar-refractivity contribution in [1.82, 2.24) is 5.43 Å². The van der Waals surface area contributed by atoms with Gasteiger partial charge in [0.05, 0.1) is 12.8 Å². The molecule has 3 rings (SSSR count). The number of hydrazone groups is 1. The van der Waals surface area contributed by atoms with Crippen LogP contribution in [-0.4, -0.2) is 24.6 Å². The minimum absolute atomic E-state index is 0.220. The van der Waals surface area contributed by atoms with Crippen LogP contribution in [0.1, 0.15) is 24.5 Å². The molecule has 9 heteroatoms. The van der Waals surface area contributed by atoms with E-state index in [-0.39, 0.29) is 6.61 Å². The first-order valence-corrected chi connectivity index (χ1v) is 11.2. The fourth-order valence-electron chi connectivity index (χ4n) is 2.77. The highest BCUT2D eigenvalue weighted by Crippen LogP contribution is 2.24. The molecule has 3 aromatic carbocycles. The number of para-hydroxylation sites is 1. The van der Waals surface area contributed by atoms with Crippen molar-refractivity contribution in [3.8, 4) is 11.5 Å². The maximum atomic E-state index is 12.1. The third-order valence-electron chi connectivity index (χ3n) is 4.48. The first kappa shape index (κ1) is 25.1. The quantitative estimate of drug-likeness (QED) is 0.232. The van der Waals surface area contributed by atoms with E-state index in [4.69, 9.17) is 32.7 Å². The molecule has 3 aromatic rings. The van der Waals surface area contributed by atoms with Crippen molar-refractivity contribution in [2.75, 3.05) is 11.9 Å². The Labute approximate surface area is 207 Å². The molecular weight excluding hydrogens is 477 g/mol. The Morgan fingerprint density at radius 1 is 0.971 bits per heavy atom. The van der Waals surface area contributed by atoms with Gasteiger partial charge in [-0.05, 0) is 55.0 Å². The van der Waals surface area contributed by atoms with Crippen LogP contribution >= 0.6 is 23.2 Å². The van der Waals surface area contributed by atoms with Gasteiger partial charge in [-0.1, -0.05) is 48.3 Å². The molecule has 0 aliphatic rings. The Morgan fingerprint density at radius 3 is 2.47 bits per heavy atom. The van der Waals surface area contributed by atoms with Crippen molar-refractivity contribution in [3.63, 3.8) is 0 Å². The maximum Gasteiger partial charge on any atom is 0.329 e. The van der Waals surface area contributed by atoms with Crippen LogP contribution in [0, 0.1) is 0 Å². The molecule has 2 amide bonds. The van der Waals surface area contributed by atoms with Crippen LogP contribution in [0.4, 0.5) is 5.69 Å². The summed E-state index contributed by atoms with van der Waals surface area (Å²) in [6.45, 7) is 2.84. The fourth-order valence-corrected chi connectivity index (χ4v) is 3.23. The van der Waals surface area contributed by atoms with Gasteiger partial charge in [0.25, 0.3) is 0 Å². The molecule has 0 aliphatic heterocycles. The predicted molar refractivity (Wildman–Crippen MR) is 134 cm³/mol. The summed E-state index contributed by atoms with van der Waals surface area (Å²) in [7, 11) is 0. The van der Waals surface area contributed by atoms with E-state index in [0.717, 1.165) is 12.0 Å². The highest BCUT2D eigenvalue weighted by molar-refractivity contribution is 6.39. The number of ether oxygens (including phenoxy) is 2. The number of halogens is 2. The molecule has 34 heavy (non-hydrogen) atoms. The molecule has 7 nitrogen and oxygen atoms in total. The van der Waals surface area contributed by atoms with Crippen molar-refractivity contribution < 1.29 is 19.1 Å². The van der Waals surface area contributed by atoms with Crippen molar-refractivity contribution in [2.45, 2.75) is 20.0 Å². The highest BCUT2D eigenvalue weighted by atomic mass is 35.5. The monoisotopic (exact) mass is 499 g/mol. The van der Waals surface area contributed by atoms with Crippen molar-refractivity contribution in [2.24, 2.45) is 5.10 Å². The maximum absolute atomic E-state index is 12.1. The molecule has 0 unspecified atom stereocenters. The van der Waals surface area contributed by atoms with E-state index in [9.17, 15) is 9.59 Å². The number of rotatable bonds is 9. The lowest BCUT2D eigenvalue weighted by atomic mass is 10.2. The topological polar surface area (TPSA) is 89.0 Å². The van der Waals surface area contributed by atoms with Crippen LogP contribution in [-0.2, 0) is 16.2 Å². The average Bonchev–Trinajstić information content (AvgIpc) is 2.83. The van der Waals surface area contributed by atoms with Gasteiger partial charge < -0.3 is 14.8 Å². The largest absolute Gasteiger partial charge is 0.494 e. The van der Waals surface area contributed by atoms with Gasteiger partial charge in [0.2, 0.25) is 0 Å². The van der Waals surface area contributed by atoms with Crippen LogP contribution in [0.15, 0.2) is 71.8 Å². The summed E-state index contributed by atoms with van der Waals surface area (Å²) in [5, 5.41) is 7.41. The molecular formula is C25H23Cl2N3O4. The lowest BCUT2D eigenvalue weighted by Gasteiger charge is -2.10. The number of carbonyl (C=O) groups excluding carboxylic acids is 2. The molecule has 2 N–H and O–H groups in total. The van der Waals surface area contributed by atoms with Gasteiger partial charge in [-0.25, -0.2) is 5.43 Å². The molecule has 0 saturated carbocycles. The minimum Gasteiger partial charge on any atom is -0.494 e. The fraction of sp³-hybridized carbons (Fsp3) is 0.160. The zero-order valence-corrected chi connectivity index (χ0v) is 19.9. The third kappa shape index (κ3) is 7.50. The lowest BCUT2D eigenvalue weighted by molar-refractivity contribution is -0.136. The number of benzene rings is 3. The third-order valence-corrected chi connectivity index (χ3v) is 5.07. The number of nitrogens with zero attached hydrogens (tertiary/aromatic N) is 1. The van der Waals surface area contributed by atoms with Gasteiger partial charge in [0.15, 0.2) is 0 Å². The zero-order valence-electron chi connectivity index (χ0n) is 18.4. The number of anilines is 1. The number of hydrogen-bond donors (Lipinski definition) is 2. The number of amides is 2. The van der Waals surface area contributed by atoms with E-state index in [1.54, 1.807) is 66.7 Å². The predicted octanol–water partition coefficient (Wildman–Crippen LogP) is 5.45. The second kappa shape index (κ2) is 12.6. The van der Waals surface area contributed by atoms with E-state index in [2.05, 4.69) is 15.8 Å². The van der Waals surface area contributed by atoms with E-state index < -0.39 is 11.8 Å². The Hall–Kier alpha value is -3.55. The summed E-state index contributed by atoms with van der Waals surface area (Å²) in [5.74, 6) is -0.537. The normalized spacial score (nSPS) is 10.7. The molecule has 0 aliphatic carbocycles. The summed E-state index contributed by atoms with van der Waals surface area (Å²) in [5.41, 5.74) is 4.05. The summed E-state index contributed by atoms with van der Waals surface area (Å²) in [4.78, 5) is 24.2. The summed E-state index contributed by atoms with van der Waals surface area (Å²) in [6, 6.07) is 19.0.